The summed E-state index contributed by atoms with van der Waals surface area (Å²) in [6.45, 7) is 4.39. The van der Waals surface area contributed by atoms with Crippen molar-refractivity contribution in [3.63, 3.8) is 0 Å². The third-order valence-corrected chi connectivity index (χ3v) is 6.44. The van der Waals surface area contributed by atoms with Gasteiger partial charge in [0.1, 0.15) is 0 Å². The van der Waals surface area contributed by atoms with Crippen LogP contribution in [-0.2, 0) is 5.41 Å². The maximum atomic E-state index is 12.9. The van der Waals surface area contributed by atoms with E-state index in [1.165, 1.54) is 33.7 Å². The quantitative estimate of drug-likeness (QED) is 0.385. The normalized spacial score (nSPS) is 14.9. The van der Waals surface area contributed by atoms with E-state index < -0.39 is 5.97 Å². The zero-order chi connectivity index (χ0) is 21.3. The van der Waals surface area contributed by atoms with Crippen molar-refractivity contribution >= 4 is 34.7 Å². The van der Waals surface area contributed by atoms with Crippen molar-refractivity contribution in [1.82, 2.24) is 0 Å². The van der Waals surface area contributed by atoms with E-state index in [1.54, 1.807) is 35.6 Å². The first-order valence-corrected chi connectivity index (χ1v) is 10.7. The SMILES string of the molecule is CC1(C)CC=C(c2cccs2)c2ccc(C(=O)/C=C/c3ccccc3C(=O)O)cc21. The molecule has 1 aliphatic rings. The minimum Gasteiger partial charge on any atom is -0.478 e. The van der Waals surface area contributed by atoms with Gasteiger partial charge in [0.2, 0.25) is 0 Å². The highest BCUT2D eigenvalue weighted by atomic mass is 32.1. The molecule has 3 aromatic rings. The average Bonchev–Trinajstić information content (AvgIpc) is 3.26. The molecule has 0 saturated carbocycles. The van der Waals surface area contributed by atoms with E-state index in [0.717, 1.165) is 6.42 Å². The van der Waals surface area contributed by atoms with Crippen molar-refractivity contribution in [2.45, 2.75) is 25.7 Å². The lowest BCUT2D eigenvalue weighted by Crippen LogP contribution is -2.22. The van der Waals surface area contributed by atoms with Gasteiger partial charge < -0.3 is 5.11 Å². The van der Waals surface area contributed by atoms with Gasteiger partial charge in [-0.05, 0) is 63.8 Å². The molecule has 3 nitrogen and oxygen atoms in total. The smallest absolute Gasteiger partial charge is 0.336 e. The van der Waals surface area contributed by atoms with E-state index in [9.17, 15) is 14.7 Å². The third kappa shape index (κ3) is 3.79. The second-order valence-corrected chi connectivity index (χ2v) is 8.98. The molecule has 1 aromatic heterocycles. The minimum atomic E-state index is -1.01. The van der Waals surface area contributed by atoms with Gasteiger partial charge in [0.25, 0.3) is 0 Å². The van der Waals surface area contributed by atoms with E-state index >= 15 is 0 Å². The first kappa shape index (κ1) is 20.0. The van der Waals surface area contributed by atoms with Gasteiger partial charge in [0.05, 0.1) is 5.56 Å². The summed E-state index contributed by atoms with van der Waals surface area (Å²) in [5.41, 5.74) is 4.80. The van der Waals surface area contributed by atoms with Crippen LogP contribution in [0.1, 0.15) is 62.6 Å². The summed E-state index contributed by atoms with van der Waals surface area (Å²) in [6.07, 6.45) is 6.23. The number of carboxylic acid groups (broad SMARTS) is 1. The molecule has 0 bridgehead atoms. The van der Waals surface area contributed by atoms with Crippen LogP contribution < -0.4 is 0 Å². The summed E-state index contributed by atoms with van der Waals surface area (Å²) in [7, 11) is 0. The van der Waals surface area contributed by atoms with Crippen LogP contribution >= 0.6 is 11.3 Å². The Hall–Kier alpha value is -3.24. The molecule has 0 aliphatic heterocycles. The van der Waals surface area contributed by atoms with Crippen molar-refractivity contribution in [3.8, 4) is 0 Å². The summed E-state index contributed by atoms with van der Waals surface area (Å²) in [6, 6.07) is 16.7. The fourth-order valence-corrected chi connectivity index (χ4v) is 4.61. The van der Waals surface area contributed by atoms with Crippen LogP contribution in [0.2, 0.25) is 0 Å². The number of carbonyl (C=O) groups excluding carboxylic acids is 1. The van der Waals surface area contributed by atoms with Crippen LogP contribution in [-0.4, -0.2) is 16.9 Å². The minimum absolute atomic E-state index is 0.0635. The Kier molecular flexibility index (Phi) is 5.27. The summed E-state index contributed by atoms with van der Waals surface area (Å²) in [4.78, 5) is 25.5. The molecule has 1 N–H and O–H groups in total. The molecule has 1 heterocycles. The van der Waals surface area contributed by atoms with Crippen LogP contribution in [0.3, 0.4) is 0 Å². The molecule has 2 aromatic carbocycles. The largest absolute Gasteiger partial charge is 0.478 e. The van der Waals surface area contributed by atoms with Crippen molar-refractivity contribution in [1.29, 1.82) is 0 Å². The summed E-state index contributed by atoms with van der Waals surface area (Å²) in [5, 5.41) is 11.4. The Balaban J connectivity index is 1.68. The molecule has 1 aliphatic carbocycles. The third-order valence-electron chi connectivity index (χ3n) is 5.53. The van der Waals surface area contributed by atoms with Gasteiger partial charge in [-0.1, -0.05) is 62.4 Å². The molecule has 0 radical (unpaired) electrons. The molecule has 4 rings (SSSR count). The topological polar surface area (TPSA) is 54.4 Å². The molecular formula is C26H22O3S. The first-order chi connectivity index (χ1) is 14.4. The molecule has 0 unspecified atom stereocenters. The maximum absolute atomic E-state index is 12.9. The number of aromatic carboxylic acids is 1. The summed E-state index contributed by atoms with van der Waals surface area (Å²) < 4.78 is 0. The van der Waals surface area contributed by atoms with E-state index in [-0.39, 0.29) is 16.8 Å². The number of thiophene rings is 1. The monoisotopic (exact) mass is 414 g/mol. The van der Waals surface area contributed by atoms with Gasteiger partial charge in [0.15, 0.2) is 5.78 Å². The molecule has 0 amide bonds. The highest BCUT2D eigenvalue weighted by molar-refractivity contribution is 7.11. The molecule has 0 atom stereocenters. The van der Waals surface area contributed by atoms with Gasteiger partial charge in [-0.25, -0.2) is 4.79 Å². The fourth-order valence-electron chi connectivity index (χ4n) is 3.83. The first-order valence-electron chi connectivity index (χ1n) is 9.80. The van der Waals surface area contributed by atoms with E-state index in [1.807, 2.05) is 18.2 Å². The van der Waals surface area contributed by atoms with Crippen molar-refractivity contribution in [2.75, 3.05) is 0 Å². The predicted octanol–water partition coefficient (Wildman–Crippen LogP) is 6.46. The Morgan fingerprint density at radius 2 is 1.87 bits per heavy atom. The number of carboxylic acids is 1. The van der Waals surface area contributed by atoms with Gasteiger partial charge in [-0.15, -0.1) is 11.3 Å². The average molecular weight is 415 g/mol. The second kappa shape index (κ2) is 7.88. The lowest BCUT2D eigenvalue weighted by molar-refractivity contribution is 0.0696. The van der Waals surface area contributed by atoms with E-state index in [0.29, 0.717) is 11.1 Å². The van der Waals surface area contributed by atoms with Crippen molar-refractivity contribution < 1.29 is 14.7 Å². The Morgan fingerprint density at radius 3 is 2.60 bits per heavy atom. The van der Waals surface area contributed by atoms with Crippen LogP contribution in [0.25, 0.3) is 11.6 Å². The van der Waals surface area contributed by atoms with Crippen molar-refractivity contribution in [2.24, 2.45) is 0 Å². The van der Waals surface area contributed by atoms with E-state index in [4.69, 9.17) is 0 Å². The summed E-state index contributed by atoms with van der Waals surface area (Å²) in [5.74, 6) is -1.15. The van der Waals surface area contributed by atoms with Crippen LogP contribution in [0.4, 0.5) is 0 Å². The molecule has 0 spiro atoms. The van der Waals surface area contributed by atoms with Gasteiger partial charge >= 0.3 is 5.97 Å². The number of allylic oxidation sites excluding steroid dienone is 2. The molecule has 0 fully saturated rings. The van der Waals surface area contributed by atoms with Crippen molar-refractivity contribution in [3.05, 3.63) is 105 Å². The number of fused-ring (bicyclic) bond motifs is 1. The lowest BCUT2D eigenvalue weighted by Gasteiger charge is -2.32. The Labute approximate surface area is 180 Å². The molecule has 150 valence electrons. The summed E-state index contributed by atoms with van der Waals surface area (Å²) >= 11 is 1.72. The molecule has 4 heteroatoms. The predicted molar refractivity (Wildman–Crippen MR) is 122 cm³/mol. The molecule has 0 saturated heterocycles. The number of ketones is 1. The van der Waals surface area contributed by atoms with Crippen LogP contribution in [0.5, 0.6) is 0 Å². The van der Waals surface area contributed by atoms with Gasteiger partial charge in [0, 0.05) is 10.4 Å². The van der Waals surface area contributed by atoms with Crippen LogP contribution in [0, 0.1) is 0 Å². The number of benzene rings is 2. The Morgan fingerprint density at radius 1 is 1.07 bits per heavy atom. The molecular weight excluding hydrogens is 392 g/mol. The maximum Gasteiger partial charge on any atom is 0.336 e. The number of hydrogen-bond acceptors (Lipinski definition) is 3. The molecule has 30 heavy (non-hydrogen) atoms. The lowest BCUT2D eigenvalue weighted by atomic mass is 9.72. The number of rotatable bonds is 5. The zero-order valence-corrected chi connectivity index (χ0v) is 17.7. The van der Waals surface area contributed by atoms with Crippen LogP contribution in [0.15, 0.2) is 72.1 Å². The fraction of sp³-hybridized carbons (Fsp3) is 0.154. The van der Waals surface area contributed by atoms with E-state index in [2.05, 4.69) is 37.4 Å². The standard InChI is InChI=1S/C26H22O3S/c1-26(2)14-13-21(24-8-5-15-30-24)20-11-9-18(16-22(20)26)23(27)12-10-17-6-3-4-7-19(17)25(28)29/h3-13,15-16H,14H2,1-2H3,(H,28,29)/b12-10+. The number of carbonyl (C=O) groups is 2. The van der Waals surface area contributed by atoms with Gasteiger partial charge in [-0.2, -0.15) is 0 Å². The Bertz CT molecular complexity index is 1180. The number of hydrogen-bond donors (Lipinski definition) is 1. The zero-order valence-electron chi connectivity index (χ0n) is 16.9. The highest BCUT2D eigenvalue weighted by Crippen LogP contribution is 2.42. The van der Waals surface area contributed by atoms with Gasteiger partial charge in [-0.3, -0.25) is 4.79 Å². The second-order valence-electron chi connectivity index (χ2n) is 8.03. The highest BCUT2D eigenvalue weighted by Gasteiger charge is 2.29.